The molecular formula is C8H17N5OS. The zero-order chi connectivity index (χ0) is 11.4. The molecule has 6 nitrogen and oxygen atoms in total. The first kappa shape index (κ1) is 12.3. The minimum Gasteiger partial charge on any atom is -0.322 e. The Morgan fingerprint density at radius 1 is 1.53 bits per heavy atom. The van der Waals surface area contributed by atoms with Crippen LogP contribution in [0, 0.1) is 0 Å². The van der Waals surface area contributed by atoms with Crippen molar-refractivity contribution in [3.05, 3.63) is 5.82 Å². The molecule has 1 aromatic heterocycles. The van der Waals surface area contributed by atoms with E-state index in [-0.39, 0.29) is 11.3 Å². The van der Waals surface area contributed by atoms with Crippen molar-refractivity contribution in [1.29, 1.82) is 0 Å². The average Bonchev–Trinajstić information content (AvgIpc) is 2.61. The highest BCUT2D eigenvalue weighted by Gasteiger charge is 2.12. The molecule has 7 heteroatoms. The molecule has 0 radical (unpaired) electrons. The first-order chi connectivity index (χ1) is 7.02. The minimum atomic E-state index is -0.802. The first-order valence-corrected chi connectivity index (χ1v) is 6.48. The molecule has 3 atom stereocenters. The Kier molecular flexibility index (Phi) is 4.34. The fraction of sp³-hybridized carbons (Fsp3) is 0.875. The summed E-state index contributed by atoms with van der Waals surface area (Å²) >= 11 is 0. The Labute approximate surface area is 91.7 Å². The van der Waals surface area contributed by atoms with Gasteiger partial charge in [-0.1, -0.05) is 6.92 Å². The zero-order valence-corrected chi connectivity index (χ0v) is 10.1. The van der Waals surface area contributed by atoms with Gasteiger partial charge in [-0.2, -0.15) is 0 Å². The number of rotatable bonds is 5. The molecule has 0 amide bonds. The lowest BCUT2D eigenvalue weighted by molar-refractivity contribution is 0.517. The third-order valence-corrected chi connectivity index (χ3v) is 3.65. The van der Waals surface area contributed by atoms with Crippen LogP contribution in [-0.4, -0.2) is 35.9 Å². The molecule has 0 aliphatic rings. The van der Waals surface area contributed by atoms with E-state index in [2.05, 4.69) is 15.5 Å². The van der Waals surface area contributed by atoms with E-state index >= 15 is 0 Å². The second-order valence-electron chi connectivity index (χ2n) is 3.65. The van der Waals surface area contributed by atoms with E-state index in [0.29, 0.717) is 12.4 Å². The minimum absolute atomic E-state index is 0.148. The van der Waals surface area contributed by atoms with Crippen LogP contribution in [0.4, 0.5) is 0 Å². The van der Waals surface area contributed by atoms with Crippen LogP contribution in [0.3, 0.4) is 0 Å². The molecule has 3 unspecified atom stereocenters. The third-order valence-electron chi connectivity index (χ3n) is 2.28. The molecule has 0 saturated carbocycles. The molecule has 0 aliphatic carbocycles. The summed E-state index contributed by atoms with van der Waals surface area (Å²) in [6.07, 6.45) is 2.49. The van der Waals surface area contributed by atoms with Crippen LogP contribution < -0.4 is 5.73 Å². The lowest BCUT2D eigenvalue weighted by atomic mass is 10.3. The topological polar surface area (TPSA) is 86.7 Å². The van der Waals surface area contributed by atoms with Crippen LogP contribution in [0.25, 0.3) is 0 Å². The van der Waals surface area contributed by atoms with Gasteiger partial charge in [-0.15, -0.1) is 5.10 Å². The molecule has 86 valence electrons. The number of aromatic nitrogens is 4. The molecule has 0 fully saturated rings. The van der Waals surface area contributed by atoms with Gasteiger partial charge in [0.15, 0.2) is 5.82 Å². The van der Waals surface area contributed by atoms with E-state index in [9.17, 15) is 4.21 Å². The highest BCUT2D eigenvalue weighted by molar-refractivity contribution is 7.84. The fourth-order valence-electron chi connectivity index (χ4n) is 1.17. The lowest BCUT2D eigenvalue weighted by Gasteiger charge is -2.10. The second kappa shape index (κ2) is 5.32. The van der Waals surface area contributed by atoms with Crippen molar-refractivity contribution in [2.75, 3.05) is 6.26 Å². The number of aryl methyl sites for hydroxylation is 1. The molecule has 1 rings (SSSR count). The van der Waals surface area contributed by atoms with E-state index < -0.39 is 10.8 Å². The van der Waals surface area contributed by atoms with Crippen LogP contribution >= 0.6 is 0 Å². The largest absolute Gasteiger partial charge is 0.322 e. The molecule has 1 heterocycles. The Morgan fingerprint density at radius 3 is 2.73 bits per heavy atom. The maximum Gasteiger partial charge on any atom is 0.167 e. The summed E-state index contributed by atoms with van der Waals surface area (Å²) in [6.45, 7) is 4.44. The maximum absolute atomic E-state index is 11.1. The molecule has 2 N–H and O–H groups in total. The summed E-state index contributed by atoms with van der Waals surface area (Å²) in [5, 5.41) is 11.4. The van der Waals surface area contributed by atoms with Crippen molar-refractivity contribution in [3.63, 3.8) is 0 Å². The van der Waals surface area contributed by atoms with Gasteiger partial charge in [-0.25, -0.2) is 4.68 Å². The van der Waals surface area contributed by atoms with E-state index in [1.807, 2.05) is 13.8 Å². The molecule has 0 bridgehead atoms. The zero-order valence-electron chi connectivity index (χ0n) is 9.25. The van der Waals surface area contributed by atoms with Gasteiger partial charge in [0.2, 0.25) is 0 Å². The van der Waals surface area contributed by atoms with Crippen LogP contribution in [0.1, 0.15) is 32.1 Å². The summed E-state index contributed by atoms with van der Waals surface area (Å²) in [5.74, 6) is 0.670. The van der Waals surface area contributed by atoms with Gasteiger partial charge in [0.25, 0.3) is 0 Å². The van der Waals surface area contributed by atoms with Crippen LogP contribution in [0.5, 0.6) is 0 Å². The first-order valence-electron chi connectivity index (χ1n) is 4.86. The van der Waals surface area contributed by atoms with Crippen molar-refractivity contribution >= 4 is 10.8 Å². The normalized spacial score (nSPS) is 17.3. The van der Waals surface area contributed by atoms with Gasteiger partial charge in [0.1, 0.15) is 0 Å². The number of hydrogen-bond donors (Lipinski definition) is 1. The van der Waals surface area contributed by atoms with Crippen molar-refractivity contribution in [2.45, 2.75) is 38.1 Å². The number of tetrazole rings is 1. The van der Waals surface area contributed by atoms with E-state index in [1.165, 1.54) is 0 Å². The average molecular weight is 231 g/mol. The monoisotopic (exact) mass is 231 g/mol. The molecule has 15 heavy (non-hydrogen) atoms. The Hall–Kier alpha value is -0.820. The Morgan fingerprint density at radius 2 is 2.20 bits per heavy atom. The highest BCUT2D eigenvalue weighted by atomic mass is 32.2. The number of nitrogens with zero attached hydrogens (tertiary/aromatic N) is 4. The van der Waals surface area contributed by atoms with Crippen molar-refractivity contribution in [3.8, 4) is 0 Å². The van der Waals surface area contributed by atoms with E-state index in [4.69, 9.17) is 5.73 Å². The summed E-state index contributed by atoms with van der Waals surface area (Å²) < 4.78 is 12.8. The fourth-order valence-corrected chi connectivity index (χ4v) is 1.60. The van der Waals surface area contributed by atoms with Crippen molar-refractivity contribution < 1.29 is 4.21 Å². The van der Waals surface area contributed by atoms with E-state index in [0.717, 1.165) is 6.42 Å². The highest BCUT2D eigenvalue weighted by Crippen LogP contribution is 2.06. The van der Waals surface area contributed by atoms with Crippen LogP contribution in [0.15, 0.2) is 0 Å². The Balaban J connectivity index is 2.57. The summed E-state index contributed by atoms with van der Waals surface area (Å²) in [7, 11) is -0.802. The molecule has 0 aromatic carbocycles. The molecule has 0 spiro atoms. The summed E-state index contributed by atoms with van der Waals surface area (Å²) in [4.78, 5) is 0. The van der Waals surface area contributed by atoms with Gasteiger partial charge in [0.05, 0.1) is 6.04 Å². The van der Waals surface area contributed by atoms with Gasteiger partial charge >= 0.3 is 0 Å². The van der Waals surface area contributed by atoms with Gasteiger partial charge in [0, 0.05) is 28.9 Å². The standard InChI is InChI=1S/C8H17N5OS/c1-6(15(3)14)4-5-13-8(7(2)9)10-11-12-13/h6-7H,4-5,9H2,1-3H3. The predicted octanol–water partition coefficient (Wildman–Crippen LogP) is -0.150. The van der Waals surface area contributed by atoms with Gasteiger partial charge in [-0.05, 0) is 23.8 Å². The summed E-state index contributed by atoms with van der Waals surface area (Å²) in [5.41, 5.74) is 5.70. The molecular weight excluding hydrogens is 214 g/mol. The molecule has 1 aromatic rings. The van der Waals surface area contributed by atoms with Crippen LogP contribution in [0.2, 0.25) is 0 Å². The van der Waals surface area contributed by atoms with Gasteiger partial charge < -0.3 is 5.73 Å². The van der Waals surface area contributed by atoms with Crippen LogP contribution in [-0.2, 0) is 17.3 Å². The third kappa shape index (κ3) is 3.35. The number of nitrogens with two attached hydrogens (primary N) is 1. The SMILES string of the molecule is CC(N)c1nnnn1CCC(C)S(C)=O. The van der Waals surface area contributed by atoms with E-state index in [1.54, 1.807) is 10.9 Å². The van der Waals surface area contributed by atoms with Crippen molar-refractivity contribution in [1.82, 2.24) is 20.2 Å². The number of hydrogen-bond acceptors (Lipinski definition) is 5. The smallest absolute Gasteiger partial charge is 0.167 e. The Bertz CT molecular complexity index is 338. The van der Waals surface area contributed by atoms with Gasteiger partial charge in [-0.3, -0.25) is 4.21 Å². The quantitative estimate of drug-likeness (QED) is 0.761. The summed E-state index contributed by atoms with van der Waals surface area (Å²) in [6, 6.07) is -0.178. The second-order valence-corrected chi connectivity index (χ2v) is 5.45. The molecule has 0 saturated heterocycles. The predicted molar refractivity (Wildman–Crippen MR) is 58.6 cm³/mol. The lowest BCUT2D eigenvalue weighted by Crippen LogP contribution is -2.18. The maximum atomic E-state index is 11.1. The van der Waals surface area contributed by atoms with Crippen molar-refractivity contribution in [2.24, 2.45) is 5.73 Å². The molecule has 0 aliphatic heterocycles.